The van der Waals surface area contributed by atoms with E-state index in [2.05, 4.69) is 20.3 Å². The number of carbonyl (C=O) groups is 1. The first-order chi connectivity index (χ1) is 17.0. The van der Waals surface area contributed by atoms with Crippen molar-refractivity contribution in [2.24, 2.45) is 0 Å². The maximum Gasteiger partial charge on any atom is 0.274 e. The molecular weight excluding hydrogens is 440 g/mol. The number of nitrogens with two attached hydrogens (primary N) is 1. The second kappa shape index (κ2) is 9.18. The fourth-order valence-electron chi connectivity index (χ4n) is 4.17. The van der Waals surface area contributed by atoms with Gasteiger partial charge >= 0.3 is 0 Å². The number of para-hydroxylation sites is 1. The summed E-state index contributed by atoms with van der Waals surface area (Å²) in [6.45, 7) is 1.81. The third kappa shape index (κ3) is 4.13. The topological polar surface area (TPSA) is 116 Å². The molecule has 5 rings (SSSR count). The molecule has 3 aromatic heterocycles. The second-order valence-corrected chi connectivity index (χ2v) is 8.04. The summed E-state index contributed by atoms with van der Waals surface area (Å²) in [5.74, 6) is -0.434. The SMILES string of the molecule is C[C@H](NC(=O)c1nccnc1N)c1cc2cccc(-c3cccnc3)c2c(=O)n1-c1ccccc1. The van der Waals surface area contributed by atoms with Crippen molar-refractivity contribution in [2.45, 2.75) is 13.0 Å². The summed E-state index contributed by atoms with van der Waals surface area (Å²) in [7, 11) is 0. The first-order valence-electron chi connectivity index (χ1n) is 11.1. The Bertz CT molecular complexity index is 1580. The predicted octanol–water partition coefficient (Wildman–Crippen LogP) is 3.92. The van der Waals surface area contributed by atoms with Crippen molar-refractivity contribution in [1.82, 2.24) is 24.8 Å². The minimum absolute atomic E-state index is 0.0348. The molecule has 5 aromatic rings. The van der Waals surface area contributed by atoms with Crippen LogP contribution in [0.3, 0.4) is 0 Å². The highest BCUT2D eigenvalue weighted by Gasteiger charge is 2.21. The predicted molar refractivity (Wildman–Crippen MR) is 135 cm³/mol. The van der Waals surface area contributed by atoms with Gasteiger partial charge in [0.25, 0.3) is 11.5 Å². The molecule has 172 valence electrons. The lowest BCUT2D eigenvalue weighted by molar-refractivity contribution is 0.0934. The van der Waals surface area contributed by atoms with Gasteiger partial charge in [-0.3, -0.25) is 19.1 Å². The summed E-state index contributed by atoms with van der Waals surface area (Å²) in [5.41, 5.74) is 8.63. The van der Waals surface area contributed by atoms with Crippen LogP contribution in [0.5, 0.6) is 0 Å². The zero-order valence-electron chi connectivity index (χ0n) is 18.9. The maximum atomic E-state index is 14.0. The van der Waals surface area contributed by atoms with Gasteiger partial charge in [-0.1, -0.05) is 42.5 Å². The molecule has 2 aromatic carbocycles. The zero-order valence-corrected chi connectivity index (χ0v) is 18.9. The van der Waals surface area contributed by atoms with E-state index in [4.69, 9.17) is 5.73 Å². The molecule has 0 fully saturated rings. The quantitative estimate of drug-likeness (QED) is 0.409. The minimum Gasteiger partial charge on any atom is -0.382 e. The monoisotopic (exact) mass is 462 g/mol. The molecule has 3 heterocycles. The van der Waals surface area contributed by atoms with Crippen molar-refractivity contribution in [3.63, 3.8) is 0 Å². The number of pyridine rings is 2. The number of anilines is 1. The molecule has 0 aliphatic heterocycles. The van der Waals surface area contributed by atoms with Crippen molar-refractivity contribution < 1.29 is 4.79 Å². The Hall–Kier alpha value is -4.85. The number of amides is 1. The molecule has 0 aliphatic rings. The van der Waals surface area contributed by atoms with Gasteiger partial charge in [-0.25, -0.2) is 9.97 Å². The largest absolute Gasteiger partial charge is 0.382 e. The van der Waals surface area contributed by atoms with Gasteiger partial charge in [0, 0.05) is 41.7 Å². The van der Waals surface area contributed by atoms with Crippen LogP contribution in [-0.4, -0.2) is 25.4 Å². The van der Waals surface area contributed by atoms with Crippen molar-refractivity contribution in [2.75, 3.05) is 5.73 Å². The number of carbonyl (C=O) groups excluding carboxylic acids is 1. The highest BCUT2D eigenvalue weighted by molar-refractivity contribution is 5.97. The van der Waals surface area contributed by atoms with Gasteiger partial charge in [0.05, 0.1) is 11.4 Å². The van der Waals surface area contributed by atoms with Crippen LogP contribution < -0.4 is 16.6 Å². The first-order valence-corrected chi connectivity index (χ1v) is 11.1. The summed E-state index contributed by atoms with van der Waals surface area (Å²) >= 11 is 0. The lowest BCUT2D eigenvalue weighted by Gasteiger charge is -2.21. The number of nitrogens with one attached hydrogen (secondary N) is 1. The van der Waals surface area contributed by atoms with Crippen molar-refractivity contribution in [3.05, 3.63) is 113 Å². The van der Waals surface area contributed by atoms with E-state index in [9.17, 15) is 9.59 Å². The van der Waals surface area contributed by atoms with Crippen molar-refractivity contribution in [3.8, 4) is 16.8 Å². The smallest absolute Gasteiger partial charge is 0.274 e. The van der Waals surface area contributed by atoms with E-state index in [1.54, 1.807) is 17.0 Å². The molecule has 0 aliphatic carbocycles. The van der Waals surface area contributed by atoms with E-state index in [0.29, 0.717) is 16.8 Å². The maximum absolute atomic E-state index is 14.0. The summed E-state index contributed by atoms with van der Waals surface area (Å²) in [6, 6.07) is 20.2. The average Bonchev–Trinajstić information content (AvgIpc) is 2.89. The van der Waals surface area contributed by atoms with Crippen LogP contribution in [0, 0.1) is 0 Å². The van der Waals surface area contributed by atoms with Crippen LogP contribution in [0.4, 0.5) is 5.82 Å². The van der Waals surface area contributed by atoms with Crippen LogP contribution in [0.2, 0.25) is 0 Å². The lowest BCUT2D eigenvalue weighted by atomic mass is 9.99. The molecule has 0 saturated heterocycles. The summed E-state index contributed by atoms with van der Waals surface area (Å²) in [4.78, 5) is 39.1. The highest BCUT2D eigenvalue weighted by Crippen LogP contribution is 2.29. The Kier molecular flexibility index (Phi) is 5.76. The van der Waals surface area contributed by atoms with Gasteiger partial charge in [0.1, 0.15) is 0 Å². The Morgan fingerprint density at radius 2 is 1.77 bits per heavy atom. The Balaban J connectivity index is 1.70. The lowest BCUT2D eigenvalue weighted by Crippen LogP contribution is -2.33. The van der Waals surface area contributed by atoms with Crippen LogP contribution in [0.1, 0.15) is 29.1 Å². The van der Waals surface area contributed by atoms with E-state index in [-0.39, 0.29) is 17.1 Å². The molecule has 0 bridgehead atoms. The van der Waals surface area contributed by atoms with Crippen LogP contribution >= 0.6 is 0 Å². The number of nitrogen functional groups attached to an aromatic ring is 1. The summed E-state index contributed by atoms with van der Waals surface area (Å²) in [6.07, 6.45) is 6.27. The number of rotatable bonds is 5. The number of nitrogens with zero attached hydrogens (tertiary/aromatic N) is 4. The number of fused-ring (bicyclic) bond motifs is 1. The molecule has 1 atom stereocenters. The van der Waals surface area contributed by atoms with E-state index in [1.807, 2.05) is 73.7 Å². The van der Waals surface area contributed by atoms with Crippen LogP contribution in [-0.2, 0) is 0 Å². The number of aromatic nitrogens is 4. The molecule has 3 N–H and O–H groups in total. The first kappa shape index (κ1) is 22.0. The zero-order chi connectivity index (χ0) is 24.4. The fourth-order valence-corrected chi connectivity index (χ4v) is 4.17. The van der Waals surface area contributed by atoms with Gasteiger partial charge in [0.2, 0.25) is 0 Å². The third-order valence-electron chi connectivity index (χ3n) is 5.80. The fraction of sp³-hybridized carbons (Fsp3) is 0.0741. The number of hydrogen-bond acceptors (Lipinski definition) is 6. The molecule has 0 radical (unpaired) electrons. The molecular formula is C27H22N6O2. The minimum atomic E-state index is -0.539. The summed E-state index contributed by atoms with van der Waals surface area (Å²) < 4.78 is 1.63. The normalized spacial score (nSPS) is 11.8. The molecule has 8 heteroatoms. The number of benzene rings is 2. The molecule has 1 amide bonds. The molecule has 0 saturated carbocycles. The Morgan fingerprint density at radius 1 is 0.971 bits per heavy atom. The van der Waals surface area contributed by atoms with Crippen LogP contribution in [0.25, 0.3) is 27.6 Å². The van der Waals surface area contributed by atoms with Gasteiger partial charge in [-0.15, -0.1) is 0 Å². The van der Waals surface area contributed by atoms with Gasteiger partial charge in [-0.05, 0) is 42.1 Å². The number of hydrogen-bond donors (Lipinski definition) is 2. The molecule has 0 spiro atoms. The molecule has 35 heavy (non-hydrogen) atoms. The molecule has 0 unspecified atom stereocenters. The standard InChI is InChI=1S/C27H22N6O2/c1-17(32-26(34)24-25(28)31-14-13-30-24)22-15-18-7-5-11-21(19-8-6-12-29-16-19)23(18)27(35)33(22)20-9-3-2-4-10-20/h2-17H,1H3,(H2,28,31)(H,32,34)/t17-/m0/s1. The van der Waals surface area contributed by atoms with Crippen LogP contribution in [0.15, 0.2) is 96.3 Å². The van der Waals surface area contributed by atoms with E-state index < -0.39 is 11.9 Å². The third-order valence-corrected chi connectivity index (χ3v) is 5.80. The van der Waals surface area contributed by atoms with E-state index >= 15 is 0 Å². The summed E-state index contributed by atoms with van der Waals surface area (Å²) in [5, 5.41) is 4.25. The van der Waals surface area contributed by atoms with Gasteiger partial charge in [0.15, 0.2) is 11.5 Å². The second-order valence-electron chi connectivity index (χ2n) is 8.04. The van der Waals surface area contributed by atoms with Crippen molar-refractivity contribution in [1.29, 1.82) is 0 Å². The van der Waals surface area contributed by atoms with Gasteiger partial charge in [-0.2, -0.15) is 0 Å². The molecule has 8 nitrogen and oxygen atoms in total. The highest BCUT2D eigenvalue weighted by atomic mass is 16.2. The average molecular weight is 463 g/mol. The Labute approximate surface area is 201 Å². The van der Waals surface area contributed by atoms with E-state index in [1.165, 1.54) is 12.4 Å². The van der Waals surface area contributed by atoms with E-state index in [0.717, 1.165) is 16.5 Å². The Morgan fingerprint density at radius 3 is 2.51 bits per heavy atom. The van der Waals surface area contributed by atoms with Crippen molar-refractivity contribution >= 4 is 22.5 Å². The van der Waals surface area contributed by atoms with Gasteiger partial charge < -0.3 is 11.1 Å².